The Morgan fingerprint density at radius 3 is 2.40 bits per heavy atom. The molecule has 1 aromatic carbocycles. The molecule has 9 heteroatoms. The Labute approximate surface area is 126 Å². The van der Waals surface area contributed by atoms with Crippen LogP contribution in [-0.2, 0) is 9.59 Å². The summed E-state index contributed by atoms with van der Waals surface area (Å²) in [6, 6.07) is 4.26. The van der Waals surface area contributed by atoms with Crippen molar-refractivity contribution < 1.29 is 14.5 Å². The predicted octanol–water partition coefficient (Wildman–Crippen LogP) is 1.27. The number of carbonyl (C=O) groups is 2. The van der Waals surface area contributed by atoms with Crippen LogP contribution in [0.4, 0.5) is 5.69 Å². The fourth-order valence-corrected chi connectivity index (χ4v) is 2.11. The fourth-order valence-electron chi connectivity index (χ4n) is 1.53. The molecular formula is C11H6BrN3O4S. The molecule has 0 atom stereocenters. The number of nitrogens with zero attached hydrogens (tertiary/aromatic N) is 1. The lowest BCUT2D eigenvalue weighted by molar-refractivity contribution is -0.385. The van der Waals surface area contributed by atoms with Crippen LogP contribution in [0.5, 0.6) is 0 Å². The number of carbonyl (C=O) groups excluding carboxylic acids is 2. The summed E-state index contributed by atoms with van der Waals surface area (Å²) in [6.07, 6.45) is 1.26. The van der Waals surface area contributed by atoms with Crippen LogP contribution in [0.3, 0.4) is 0 Å². The number of hydrogen-bond donors (Lipinski definition) is 2. The van der Waals surface area contributed by atoms with E-state index in [4.69, 9.17) is 0 Å². The van der Waals surface area contributed by atoms with Gasteiger partial charge in [0.15, 0.2) is 5.11 Å². The van der Waals surface area contributed by atoms with Crippen molar-refractivity contribution in [2.75, 3.05) is 0 Å². The van der Waals surface area contributed by atoms with Crippen molar-refractivity contribution >= 4 is 56.8 Å². The lowest BCUT2D eigenvalue weighted by Gasteiger charge is -2.16. The molecule has 1 heterocycles. The van der Waals surface area contributed by atoms with Crippen molar-refractivity contribution in [3.8, 4) is 0 Å². The number of halogens is 1. The van der Waals surface area contributed by atoms with E-state index < -0.39 is 16.7 Å². The van der Waals surface area contributed by atoms with Gasteiger partial charge in [0, 0.05) is 6.07 Å². The molecule has 2 N–H and O–H groups in total. The lowest BCUT2D eigenvalue weighted by atomic mass is 10.1. The third-order valence-electron chi connectivity index (χ3n) is 2.42. The van der Waals surface area contributed by atoms with Gasteiger partial charge in [-0.3, -0.25) is 30.3 Å². The van der Waals surface area contributed by atoms with E-state index in [0.29, 0.717) is 10.0 Å². The Bertz CT molecular complexity index is 664. The molecule has 1 saturated heterocycles. The third-order valence-corrected chi connectivity index (χ3v) is 3.30. The van der Waals surface area contributed by atoms with Gasteiger partial charge in [0.25, 0.3) is 17.5 Å². The molecule has 1 aromatic rings. The number of nitrogens with one attached hydrogen (secondary N) is 2. The first-order valence-electron chi connectivity index (χ1n) is 5.21. The van der Waals surface area contributed by atoms with Crippen molar-refractivity contribution in [2.24, 2.45) is 0 Å². The summed E-state index contributed by atoms with van der Waals surface area (Å²) < 4.78 is 0.309. The Kier molecular flexibility index (Phi) is 3.91. The number of nitro benzene ring substituents is 1. The van der Waals surface area contributed by atoms with Gasteiger partial charge in [0.1, 0.15) is 5.57 Å². The monoisotopic (exact) mass is 355 g/mol. The van der Waals surface area contributed by atoms with E-state index in [1.807, 2.05) is 0 Å². The molecular weight excluding hydrogens is 350 g/mol. The summed E-state index contributed by atoms with van der Waals surface area (Å²) in [5.41, 5.74) is 0.0229. The standard InChI is InChI=1S/C11H6BrN3O4S/c12-7-2-1-5(4-8(7)15(18)19)3-6-9(16)13-11(20)14-10(6)17/h1-4H,(H2,13,14,16,17,20). The van der Waals surface area contributed by atoms with Crippen molar-refractivity contribution in [3.63, 3.8) is 0 Å². The third kappa shape index (κ3) is 2.89. The van der Waals surface area contributed by atoms with Crippen molar-refractivity contribution in [1.29, 1.82) is 0 Å². The largest absolute Gasteiger partial charge is 0.299 e. The zero-order valence-corrected chi connectivity index (χ0v) is 12.1. The summed E-state index contributed by atoms with van der Waals surface area (Å²) in [6.45, 7) is 0. The van der Waals surface area contributed by atoms with Gasteiger partial charge in [-0.2, -0.15) is 0 Å². The molecule has 7 nitrogen and oxygen atoms in total. The first-order chi connectivity index (χ1) is 9.38. The van der Waals surface area contributed by atoms with E-state index in [1.54, 1.807) is 0 Å². The van der Waals surface area contributed by atoms with E-state index in [2.05, 4.69) is 38.8 Å². The molecule has 0 bridgehead atoms. The number of rotatable bonds is 2. The first-order valence-corrected chi connectivity index (χ1v) is 6.41. The predicted molar refractivity (Wildman–Crippen MR) is 77.7 cm³/mol. The molecule has 0 aromatic heterocycles. The van der Waals surface area contributed by atoms with Crippen LogP contribution in [-0.4, -0.2) is 21.9 Å². The average Bonchev–Trinajstić information content (AvgIpc) is 2.35. The van der Waals surface area contributed by atoms with Crippen LogP contribution in [0, 0.1) is 10.1 Å². The van der Waals surface area contributed by atoms with Gasteiger partial charge in [-0.1, -0.05) is 6.07 Å². The van der Waals surface area contributed by atoms with E-state index in [-0.39, 0.29) is 16.4 Å². The van der Waals surface area contributed by atoms with Gasteiger partial charge in [0.05, 0.1) is 9.40 Å². The van der Waals surface area contributed by atoms with Gasteiger partial charge >= 0.3 is 0 Å². The minimum Gasteiger partial charge on any atom is -0.299 e. The highest BCUT2D eigenvalue weighted by Crippen LogP contribution is 2.26. The van der Waals surface area contributed by atoms with Gasteiger partial charge in [-0.25, -0.2) is 0 Å². The maximum absolute atomic E-state index is 11.6. The second-order valence-corrected chi connectivity index (χ2v) is 5.03. The molecule has 0 saturated carbocycles. The van der Waals surface area contributed by atoms with Crippen LogP contribution >= 0.6 is 28.1 Å². The maximum atomic E-state index is 11.6. The number of hydrogen-bond acceptors (Lipinski definition) is 5. The minimum atomic E-state index is -0.649. The molecule has 0 spiro atoms. The number of thiocarbonyl (C=S) groups is 1. The van der Waals surface area contributed by atoms with Crippen LogP contribution < -0.4 is 10.6 Å². The van der Waals surface area contributed by atoms with Crippen molar-refractivity contribution in [2.45, 2.75) is 0 Å². The molecule has 20 heavy (non-hydrogen) atoms. The molecule has 102 valence electrons. The lowest BCUT2D eigenvalue weighted by Crippen LogP contribution is -2.51. The highest BCUT2D eigenvalue weighted by atomic mass is 79.9. The molecule has 0 radical (unpaired) electrons. The van der Waals surface area contributed by atoms with E-state index in [1.165, 1.54) is 24.3 Å². The average molecular weight is 356 g/mol. The summed E-state index contributed by atoms with van der Waals surface area (Å²) in [7, 11) is 0. The van der Waals surface area contributed by atoms with E-state index >= 15 is 0 Å². The molecule has 1 fully saturated rings. The molecule has 1 aliphatic heterocycles. The number of benzene rings is 1. The topological polar surface area (TPSA) is 101 Å². The fraction of sp³-hybridized carbons (Fsp3) is 0. The van der Waals surface area contributed by atoms with Crippen molar-refractivity contribution in [3.05, 3.63) is 43.9 Å². The summed E-state index contributed by atoms with van der Waals surface area (Å²) >= 11 is 7.71. The molecule has 1 aliphatic rings. The van der Waals surface area contributed by atoms with Gasteiger partial charge < -0.3 is 0 Å². The van der Waals surface area contributed by atoms with Gasteiger partial charge in [-0.15, -0.1) is 0 Å². The second-order valence-electron chi connectivity index (χ2n) is 3.76. The van der Waals surface area contributed by atoms with Crippen LogP contribution in [0.15, 0.2) is 28.2 Å². The van der Waals surface area contributed by atoms with Gasteiger partial charge in [0.2, 0.25) is 0 Å². The van der Waals surface area contributed by atoms with Crippen molar-refractivity contribution in [1.82, 2.24) is 10.6 Å². The van der Waals surface area contributed by atoms with E-state index in [0.717, 1.165) is 0 Å². The highest BCUT2D eigenvalue weighted by Gasteiger charge is 2.25. The number of nitro groups is 1. The quantitative estimate of drug-likeness (QED) is 0.273. The first kappa shape index (κ1) is 14.3. The smallest absolute Gasteiger partial charge is 0.284 e. The zero-order valence-electron chi connectivity index (χ0n) is 9.68. The summed E-state index contributed by atoms with van der Waals surface area (Å²) in [5.74, 6) is -1.30. The molecule has 2 rings (SSSR count). The Morgan fingerprint density at radius 2 is 1.85 bits per heavy atom. The molecule has 2 amide bonds. The Balaban J connectivity index is 2.42. The maximum Gasteiger partial charge on any atom is 0.284 e. The van der Waals surface area contributed by atoms with E-state index in [9.17, 15) is 19.7 Å². The van der Waals surface area contributed by atoms with Crippen LogP contribution in [0.2, 0.25) is 0 Å². The highest BCUT2D eigenvalue weighted by molar-refractivity contribution is 9.10. The molecule has 0 unspecified atom stereocenters. The van der Waals surface area contributed by atoms with Gasteiger partial charge in [-0.05, 0) is 45.9 Å². The zero-order chi connectivity index (χ0) is 14.9. The van der Waals surface area contributed by atoms with Crippen LogP contribution in [0.25, 0.3) is 6.08 Å². The Hall–Kier alpha value is -2.13. The number of amides is 2. The summed E-state index contributed by atoms with van der Waals surface area (Å²) in [5, 5.41) is 15.3. The normalized spacial score (nSPS) is 14.7. The van der Waals surface area contributed by atoms with Crippen LogP contribution in [0.1, 0.15) is 5.56 Å². The minimum absolute atomic E-state index is 0.0704. The summed E-state index contributed by atoms with van der Waals surface area (Å²) in [4.78, 5) is 33.5. The SMILES string of the molecule is O=C1NC(=S)NC(=O)C1=Cc1ccc(Br)c([N+](=O)[O-])c1. The molecule has 0 aliphatic carbocycles. The Morgan fingerprint density at radius 1 is 1.25 bits per heavy atom. The second kappa shape index (κ2) is 5.47.